The molecule has 0 aliphatic heterocycles. The number of nitrogens with one attached hydrogen (secondary N) is 1. The van der Waals surface area contributed by atoms with Crippen LogP contribution in [-0.2, 0) is 11.2 Å². The van der Waals surface area contributed by atoms with Crippen LogP contribution in [0.1, 0.15) is 63.6 Å². The molecule has 0 saturated heterocycles. The zero-order chi connectivity index (χ0) is 15.3. The van der Waals surface area contributed by atoms with Gasteiger partial charge in [-0.1, -0.05) is 51.0 Å². The van der Waals surface area contributed by atoms with Gasteiger partial charge in [-0.15, -0.1) is 0 Å². The van der Waals surface area contributed by atoms with Crippen LogP contribution < -0.4 is 11.3 Å². The van der Waals surface area contributed by atoms with E-state index in [2.05, 4.69) is 50.5 Å². The van der Waals surface area contributed by atoms with E-state index in [0.717, 1.165) is 25.9 Å². The summed E-state index contributed by atoms with van der Waals surface area (Å²) < 4.78 is 6.18. The molecule has 0 amide bonds. The molecule has 0 bridgehead atoms. The normalized spacial score (nSPS) is 19.1. The molecule has 1 aromatic carbocycles. The number of hydrogen-bond donors (Lipinski definition) is 2. The van der Waals surface area contributed by atoms with E-state index in [0.29, 0.717) is 5.92 Å². The van der Waals surface area contributed by atoms with Crippen LogP contribution in [0.5, 0.6) is 0 Å². The Morgan fingerprint density at radius 1 is 1.29 bits per heavy atom. The van der Waals surface area contributed by atoms with Crippen LogP contribution in [0.4, 0.5) is 0 Å². The maximum absolute atomic E-state index is 6.18. The van der Waals surface area contributed by atoms with E-state index >= 15 is 0 Å². The van der Waals surface area contributed by atoms with E-state index < -0.39 is 0 Å². The lowest BCUT2D eigenvalue weighted by Gasteiger charge is -2.37. The summed E-state index contributed by atoms with van der Waals surface area (Å²) in [7, 11) is 0. The molecule has 3 nitrogen and oxygen atoms in total. The van der Waals surface area contributed by atoms with Gasteiger partial charge in [0.25, 0.3) is 0 Å². The van der Waals surface area contributed by atoms with Crippen molar-refractivity contribution in [1.82, 2.24) is 5.43 Å². The van der Waals surface area contributed by atoms with Gasteiger partial charge in [-0.25, -0.2) is 0 Å². The lowest BCUT2D eigenvalue weighted by atomic mass is 9.86. The Morgan fingerprint density at radius 2 is 2.00 bits per heavy atom. The van der Waals surface area contributed by atoms with Crippen LogP contribution in [0.25, 0.3) is 0 Å². The molecule has 1 atom stereocenters. The average molecular weight is 290 g/mol. The van der Waals surface area contributed by atoms with Crippen molar-refractivity contribution in [3.63, 3.8) is 0 Å². The molecule has 1 fully saturated rings. The van der Waals surface area contributed by atoms with Crippen LogP contribution in [0.2, 0.25) is 0 Å². The summed E-state index contributed by atoms with van der Waals surface area (Å²) in [6.45, 7) is 7.32. The molecular formula is C18H30N2O. The Kier molecular flexibility index (Phi) is 5.80. The molecule has 3 N–H and O–H groups in total. The van der Waals surface area contributed by atoms with Crippen LogP contribution in [0.3, 0.4) is 0 Å². The molecule has 0 spiro atoms. The first kappa shape index (κ1) is 16.5. The SMILES string of the molecule is CCOC1(C(NN)c2cccc(CC(C)C)c2)CCCC1. The zero-order valence-corrected chi connectivity index (χ0v) is 13.7. The topological polar surface area (TPSA) is 47.3 Å². The minimum absolute atomic E-state index is 0.0760. The quantitative estimate of drug-likeness (QED) is 0.594. The Balaban J connectivity index is 2.27. The summed E-state index contributed by atoms with van der Waals surface area (Å²) >= 11 is 0. The van der Waals surface area contributed by atoms with E-state index in [1.165, 1.54) is 24.0 Å². The van der Waals surface area contributed by atoms with Crippen LogP contribution in [0, 0.1) is 5.92 Å². The fraction of sp³-hybridized carbons (Fsp3) is 0.667. The molecular weight excluding hydrogens is 260 g/mol. The second-order valence-corrected chi connectivity index (χ2v) is 6.65. The molecule has 118 valence electrons. The molecule has 1 saturated carbocycles. The van der Waals surface area contributed by atoms with Gasteiger partial charge in [-0.2, -0.15) is 0 Å². The van der Waals surface area contributed by atoms with E-state index in [1.54, 1.807) is 0 Å². The minimum Gasteiger partial charge on any atom is -0.373 e. The summed E-state index contributed by atoms with van der Waals surface area (Å²) in [4.78, 5) is 0. The van der Waals surface area contributed by atoms with Crippen molar-refractivity contribution in [2.24, 2.45) is 11.8 Å². The van der Waals surface area contributed by atoms with Crippen LogP contribution in [-0.4, -0.2) is 12.2 Å². The van der Waals surface area contributed by atoms with E-state index in [-0.39, 0.29) is 11.6 Å². The highest BCUT2D eigenvalue weighted by Crippen LogP contribution is 2.42. The lowest BCUT2D eigenvalue weighted by molar-refractivity contribution is -0.0627. The van der Waals surface area contributed by atoms with Crippen molar-refractivity contribution in [2.75, 3.05) is 6.61 Å². The lowest BCUT2D eigenvalue weighted by Crippen LogP contribution is -2.47. The minimum atomic E-state index is -0.139. The van der Waals surface area contributed by atoms with E-state index in [1.807, 2.05) is 0 Å². The predicted octanol–water partition coefficient (Wildman–Crippen LogP) is 3.74. The van der Waals surface area contributed by atoms with Crippen molar-refractivity contribution < 1.29 is 4.74 Å². The molecule has 1 unspecified atom stereocenters. The smallest absolute Gasteiger partial charge is 0.0889 e. The first-order chi connectivity index (χ1) is 10.1. The third-order valence-corrected chi connectivity index (χ3v) is 4.50. The van der Waals surface area contributed by atoms with Crippen molar-refractivity contribution in [1.29, 1.82) is 0 Å². The van der Waals surface area contributed by atoms with Crippen molar-refractivity contribution >= 4 is 0 Å². The molecule has 2 rings (SSSR count). The second-order valence-electron chi connectivity index (χ2n) is 6.65. The fourth-order valence-electron chi connectivity index (χ4n) is 3.70. The van der Waals surface area contributed by atoms with Gasteiger partial charge in [0.2, 0.25) is 0 Å². The highest BCUT2D eigenvalue weighted by atomic mass is 16.5. The highest BCUT2D eigenvalue weighted by Gasteiger charge is 2.42. The van der Waals surface area contributed by atoms with Crippen molar-refractivity contribution in [2.45, 2.75) is 64.5 Å². The third-order valence-electron chi connectivity index (χ3n) is 4.50. The molecule has 1 aliphatic carbocycles. The Bertz CT molecular complexity index is 439. The molecule has 0 heterocycles. The maximum atomic E-state index is 6.18. The standard InChI is InChI=1S/C18H30N2O/c1-4-21-18(10-5-6-11-18)17(20-19)16-9-7-8-15(13-16)12-14(2)3/h7-9,13-14,17,20H,4-6,10-12,19H2,1-3H3. The van der Waals surface area contributed by atoms with E-state index in [4.69, 9.17) is 10.6 Å². The average Bonchev–Trinajstić information content (AvgIpc) is 2.89. The summed E-state index contributed by atoms with van der Waals surface area (Å²) in [5.74, 6) is 6.59. The fourth-order valence-corrected chi connectivity index (χ4v) is 3.70. The number of rotatable bonds is 7. The third kappa shape index (κ3) is 3.85. The molecule has 3 heteroatoms. The van der Waals surface area contributed by atoms with Gasteiger partial charge in [0.1, 0.15) is 0 Å². The summed E-state index contributed by atoms with van der Waals surface area (Å²) in [6, 6.07) is 8.90. The van der Waals surface area contributed by atoms with Crippen molar-refractivity contribution in [3.8, 4) is 0 Å². The van der Waals surface area contributed by atoms with Gasteiger partial charge < -0.3 is 4.74 Å². The Labute approximate surface area is 129 Å². The predicted molar refractivity (Wildman–Crippen MR) is 87.9 cm³/mol. The number of benzene rings is 1. The van der Waals surface area contributed by atoms with E-state index in [9.17, 15) is 0 Å². The number of hydrogen-bond acceptors (Lipinski definition) is 3. The second kappa shape index (κ2) is 7.39. The number of ether oxygens (including phenoxy) is 1. The first-order valence-electron chi connectivity index (χ1n) is 8.30. The molecule has 0 radical (unpaired) electrons. The van der Waals surface area contributed by atoms with Crippen LogP contribution in [0.15, 0.2) is 24.3 Å². The Morgan fingerprint density at radius 3 is 2.57 bits per heavy atom. The van der Waals surface area contributed by atoms with Gasteiger partial charge >= 0.3 is 0 Å². The summed E-state index contributed by atoms with van der Waals surface area (Å²) in [5.41, 5.74) is 5.54. The first-order valence-corrected chi connectivity index (χ1v) is 8.30. The van der Waals surface area contributed by atoms with Gasteiger partial charge in [-0.3, -0.25) is 11.3 Å². The molecule has 1 aliphatic rings. The van der Waals surface area contributed by atoms with Gasteiger partial charge in [0.05, 0.1) is 11.6 Å². The van der Waals surface area contributed by atoms with Gasteiger partial charge in [0, 0.05) is 6.61 Å². The number of hydrazine groups is 1. The molecule has 21 heavy (non-hydrogen) atoms. The van der Waals surface area contributed by atoms with Crippen LogP contribution >= 0.6 is 0 Å². The van der Waals surface area contributed by atoms with Gasteiger partial charge in [-0.05, 0) is 43.2 Å². The number of nitrogens with two attached hydrogens (primary N) is 1. The van der Waals surface area contributed by atoms with Gasteiger partial charge in [0.15, 0.2) is 0 Å². The molecule has 1 aromatic rings. The van der Waals surface area contributed by atoms with Crippen molar-refractivity contribution in [3.05, 3.63) is 35.4 Å². The largest absolute Gasteiger partial charge is 0.373 e. The summed E-state index contributed by atoms with van der Waals surface area (Å²) in [5, 5.41) is 0. The summed E-state index contributed by atoms with van der Waals surface area (Å²) in [6.07, 6.45) is 5.73. The maximum Gasteiger partial charge on any atom is 0.0889 e. The Hall–Kier alpha value is -0.900. The zero-order valence-electron chi connectivity index (χ0n) is 13.7. The monoisotopic (exact) mass is 290 g/mol. The highest BCUT2D eigenvalue weighted by molar-refractivity contribution is 5.29. The molecule has 0 aromatic heterocycles.